The fourth-order valence-electron chi connectivity index (χ4n) is 1.32. The number of aromatic hydroxyl groups is 2. The minimum Gasteiger partial charge on any atom is -0.508 e. The molecule has 16 heavy (non-hydrogen) atoms. The van der Waals surface area contributed by atoms with E-state index < -0.39 is 18.6 Å². The predicted octanol–water partition coefficient (Wildman–Crippen LogP) is 2.44. The van der Waals surface area contributed by atoms with Gasteiger partial charge in [0.25, 0.3) is 0 Å². The van der Waals surface area contributed by atoms with Gasteiger partial charge in [-0.15, -0.1) is 0 Å². The Hall–Kier alpha value is -1.43. The number of hydrogen-bond acceptors (Lipinski definition) is 3. The van der Waals surface area contributed by atoms with Crippen molar-refractivity contribution in [3.8, 4) is 11.5 Å². The number of nitrogens with two attached hydrogens (primary N) is 1. The molecule has 0 bridgehead atoms. The molecule has 90 valence electrons. The summed E-state index contributed by atoms with van der Waals surface area (Å²) < 4.78 is 35.8. The van der Waals surface area contributed by atoms with Gasteiger partial charge in [0.1, 0.15) is 11.5 Å². The summed E-state index contributed by atoms with van der Waals surface area (Å²) >= 11 is 0. The van der Waals surface area contributed by atoms with Gasteiger partial charge in [0.2, 0.25) is 0 Å². The van der Waals surface area contributed by atoms with Gasteiger partial charge in [-0.05, 0) is 12.5 Å². The van der Waals surface area contributed by atoms with Crippen molar-refractivity contribution < 1.29 is 23.4 Å². The van der Waals surface area contributed by atoms with Gasteiger partial charge in [0.15, 0.2) is 0 Å². The van der Waals surface area contributed by atoms with Gasteiger partial charge in [-0.3, -0.25) is 0 Å². The van der Waals surface area contributed by atoms with Crippen LogP contribution in [0.1, 0.15) is 24.4 Å². The zero-order valence-corrected chi connectivity index (χ0v) is 8.33. The lowest BCUT2D eigenvalue weighted by molar-refractivity contribution is -0.136. The number of phenolic OH excluding ortho intramolecular Hbond substituents is 2. The molecule has 0 aromatic heterocycles. The Morgan fingerprint density at radius 3 is 2.38 bits per heavy atom. The van der Waals surface area contributed by atoms with Crippen LogP contribution in [-0.2, 0) is 0 Å². The average Bonchev–Trinajstić information content (AvgIpc) is 2.13. The maximum absolute atomic E-state index is 11.9. The monoisotopic (exact) mass is 235 g/mol. The van der Waals surface area contributed by atoms with E-state index in [9.17, 15) is 18.3 Å². The molecule has 1 aromatic carbocycles. The third-order valence-corrected chi connectivity index (χ3v) is 2.15. The molecular formula is C10H12F3NO2. The molecule has 3 nitrogen and oxygen atoms in total. The van der Waals surface area contributed by atoms with Gasteiger partial charge in [-0.2, -0.15) is 13.2 Å². The van der Waals surface area contributed by atoms with Gasteiger partial charge >= 0.3 is 6.18 Å². The zero-order valence-electron chi connectivity index (χ0n) is 8.33. The SMILES string of the molecule is N[C@H](CCC(F)(F)F)c1ccc(O)cc1O. The molecule has 0 heterocycles. The van der Waals surface area contributed by atoms with Crippen molar-refractivity contribution in [1.29, 1.82) is 0 Å². The van der Waals surface area contributed by atoms with Crippen LogP contribution in [0, 0.1) is 0 Å². The summed E-state index contributed by atoms with van der Waals surface area (Å²) in [6, 6.07) is 2.72. The highest BCUT2D eigenvalue weighted by atomic mass is 19.4. The van der Waals surface area contributed by atoms with E-state index in [0.29, 0.717) is 0 Å². The topological polar surface area (TPSA) is 66.5 Å². The van der Waals surface area contributed by atoms with Crippen LogP contribution in [0.15, 0.2) is 18.2 Å². The summed E-state index contributed by atoms with van der Waals surface area (Å²) in [4.78, 5) is 0. The van der Waals surface area contributed by atoms with Crippen LogP contribution in [0.5, 0.6) is 11.5 Å². The third-order valence-electron chi connectivity index (χ3n) is 2.15. The van der Waals surface area contributed by atoms with E-state index in [-0.39, 0.29) is 23.5 Å². The first-order valence-corrected chi connectivity index (χ1v) is 4.64. The van der Waals surface area contributed by atoms with Gasteiger partial charge < -0.3 is 15.9 Å². The molecule has 0 aliphatic carbocycles. The van der Waals surface area contributed by atoms with E-state index in [1.165, 1.54) is 12.1 Å². The minimum atomic E-state index is -4.26. The molecular weight excluding hydrogens is 223 g/mol. The van der Waals surface area contributed by atoms with Crippen LogP contribution in [0.25, 0.3) is 0 Å². The highest BCUT2D eigenvalue weighted by Gasteiger charge is 2.28. The highest BCUT2D eigenvalue weighted by molar-refractivity contribution is 5.40. The zero-order chi connectivity index (χ0) is 12.3. The summed E-state index contributed by atoms with van der Waals surface area (Å²) in [7, 11) is 0. The first-order chi connectivity index (χ1) is 7.29. The van der Waals surface area contributed by atoms with Crippen molar-refractivity contribution in [2.75, 3.05) is 0 Å². The second-order valence-electron chi connectivity index (χ2n) is 3.50. The molecule has 4 N–H and O–H groups in total. The van der Waals surface area contributed by atoms with E-state index >= 15 is 0 Å². The highest BCUT2D eigenvalue weighted by Crippen LogP contribution is 2.31. The number of hydrogen-bond donors (Lipinski definition) is 3. The van der Waals surface area contributed by atoms with Crippen molar-refractivity contribution in [2.45, 2.75) is 25.1 Å². The Morgan fingerprint density at radius 2 is 1.88 bits per heavy atom. The molecule has 0 unspecified atom stereocenters. The Balaban J connectivity index is 2.70. The number of rotatable bonds is 3. The fourth-order valence-corrected chi connectivity index (χ4v) is 1.32. The molecule has 0 spiro atoms. The smallest absolute Gasteiger partial charge is 0.389 e. The molecule has 0 aliphatic rings. The van der Waals surface area contributed by atoms with E-state index in [2.05, 4.69) is 0 Å². The summed E-state index contributed by atoms with van der Waals surface area (Å²) in [6.45, 7) is 0. The molecule has 0 amide bonds. The van der Waals surface area contributed by atoms with Crippen molar-refractivity contribution in [3.05, 3.63) is 23.8 Å². The van der Waals surface area contributed by atoms with Crippen molar-refractivity contribution >= 4 is 0 Å². The van der Waals surface area contributed by atoms with Crippen molar-refractivity contribution in [3.63, 3.8) is 0 Å². The molecule has 0 saturated heterocycles. The molecule has 1 atom stereocenters. The normalized spacial score (nSPS) is 13.8. The second kappa shape index (κ2) is 4.61. The van der Waals surface area contributed by atoms with E-state index in [1.54, 1.807) is 0 Å². The van der Waals surface area contributed by atoms with E-state index in [1.807, 2.05) is 0 Å². The molecule has 6 heteroatoms. The maximum Gasteiger partial charge on any atom is 0.389 e. The van der Waals surface area contributed by atoms with Crippen LogP contribution >= 0.6 is 0 Å². The van der Waals surface area contributed by atoms with Crippen molar-refractivity contribution in [2.24, 2.45) is 5.73 Å². The lowest BCUT2D eigenvalue weighted by atomic mass is 10.0. The van der Waals surface area contributed by atoms with Crippen molar-refractivity contribution in [1.82, 2.24) is 0 Å². The first kappa shape index (κ1) is 12.6. The van der Waals surface area contributed by atoms with Crippen LogP contribution in [0.4, 0.5) is 13.2 Å². The molecule has 0 aliphatic heterocycles. The van der Waals surface area contributed by atoms with Crippen LogP contribution < -0.4 is 5.73 Å². The summed E-state index contributed by atoms with van der Waals surface area (Å²) in [5.41, 5.74) is 5.71. The predicted molar refractivity (Wildman–Crippen MR) is 52.0 cm³/mol. The standard InChI is InChI=1S/C10H12F3NO2/c11-10(12,13)4-3-8(14)7-2-1-6(15)5-9(7)16/h1-2,5,8,15-16H,3-4,14H2/t8-/m1/s1. The number of benzene rings is 1. The Morgan fingerprint density at radius 1 is 1.25 bits per heavy atom. The summed E-state index contributed by atoms with van der Waals surface area (Å²) in [6.07, 6.45) is -5.57. The largest absolute Gasteiger partial charge is 0.508 e. The molecule has 1 rings (SSSR count). The summed E-state index contributed by atoms with van der Waals surface area (Å²) in [5, 5.41) is 18.4. The van der Waals surface area contributed by atoms with Crippen LogP contribution in [0.2, 0.25) is 0 Å². The number of alkyl halides is 3. The maximum atomic E-state index is 11.9. The Labute approximate surface area is 90.3 Å². The quantitative estimate of drug-likeness (QED) is 0.753. The van der Waals surface area contributed by atoms with Gasteiger partial charge in [0.05, 0.1) is 0 Å². The third kappa shape index (κ3) is 3.62. The molecule has 0 radical (unpaired) electrons. The van der Waals surface area contributed by atoms with Crippen LogP contribution in [0.3, 0.4) is 0 Å². The van der Waals surface area contributed by atoms with E-state index in [4.69, 9.17) is 10.8 Å². The average molecular weight is 235 g/mol. The Bertz CT molecular complexity index is 366. The lowest BCUT2D eigenvalue weighted by Crippen LogP contribution is -2.15. The van der Waals surface area contributed by atoms with Gasteiger partial charge in [0, 0.05) is 24.1 Å². The van der Waals surface area contributed by atoms with Crippen LogP contribution in [-0.4, -0.2) is 16.4 Å². The first-order valence-electron chi connectivity index (χ1n) is 4.64. The summed E-state index contributed by atoms with van der Waals surface area (Å²) in [5.74, 6) is -0.459. The molecule has 0 fully saturated rings. The Kier molecular flexibility index (Phi) is 3.64. The number of halogens is 3. The number of phenols is 2. The van der Waals surface area contributed by atoms with Gasteiger partial charge in [-0.25, -0.2) is 0 Å². The van der Waals surface area contributed by atoms with Gasteiger partial charge in [-0.1, -0.05) is 6.07 Å². The van der Waals surface area contributed by atoms with E-state index in [0.717, 1.165) is 6.07 Å². The minimum absolute atomic E-state index is 0.163. The molecule has 1 aromatic rings. The lowest BCUT2D eigenvalue weighted by Gasteiger charge is -2.14. The second-order valence-corrected chi connectivity index (χ2v) is 3.50. The fraction of sp³-hybridized carbons (Fsp3) is 0.400. The molecule has 0 saturated carbocycles.